The molecular formula is C12H19N3O2. The van der Waals surface area contributed by atoms with E-state index < -0.39 is 0 Å². The minimum Gasteiger partial charge on any atom is -0.361 e. The maximum absolute atomic E-state index is 12.1. The minimum atomic E-state index is -0.0673. The van der Waals surface area contributed by atoms with E-state index >= 15 is 0 Å². The van der Waals surface area contributed by atoms with Crippen LogP contribution in [-0.2, 0) is 0 Å². The fourth-order valence-corrected chi connectivity index (χ4v) is 2.30. The van der Waals surface area contributed by atoms with Crippen molar-refractivity contribution in [3.63, 3.8) is 0 Å². The van der Waals surface area contributed by atoms with Crippen LogP contribution in [0.2, 0.25) is 0 Å². The third kappa shape index (κ3) is 2.66. The zero-order valence-corrected chi connectivity index (χ0v) is 10.3. The molecular weight excluding hydrogens is 218 g/mol. The average molecular weight is 237 g/mol. The van der Waals surface area contributed by atoms with E-state index in [1.807, 2.05) is 7.05 Å². The maximum Gasteiger partial charge on any atom is 0.276 e. The van der Waals surface area contributed by atoms with Crippen molar-refractivity contribution >= 4 is 5.91 Å². The molecule has 17 heavy (non-hydrogen) atoms. The van der Waals surface area contributed by atoms with Gasteiger partial charge in [-0.25, -0.2) is 0 Å². The molecule has 1 aromatic heterocycles. The molecule has 0 unspecified atom stereocenters. The Kier molecular flexibility index (Phi) is 3.47. The van der Waals surface area contributed by atoms with Crippen LogP contribution < -0.4 is 5.73 Å². The van der Waals surface area contributed by atoms with E-state index in [0.717, 1.165) is 25.7 Å². The second-order valence-corrected chi connectivity index (χ2v) is 4.81. The van der Waals surface area contributed by atoms with Gasteiger partial charge >= 0.3 is 0 Å². The summed E-state index contributed by atoms with van der Waals surface area (Å²) in [7, 11) is 1.83. The molecule has 1 aromatic rings. The topological polar surface area (TPSA) is 72.4 Å². The van der Waals surface area contributed by atoms with E-state index in [9.17, 15) is 4.79 Å². The SMILES string of the molecule is Cc1cc(C(=O)N(C)C2CCC(N)CC2)no1. The molecule has 94 valence electrons. The van der Waals surface area contributed by atoms with Crippen LogP contribution in [0.1, 0.15) is 41.9 Å². The first-order chi connectivity index (χ1) is 8.08. The average Bonchev–Trinajstić information content (AvgIpc) is 2.75. The van der Waals surface area contributed by atoms with Crippen molar-refractivity contribution in [3.05, 3.63) is 17.5 Å². The molecule has 1 aliphatic rings. The highest BCUT2D eigenvalue weighted by atomic mass is 16.5. The third-order valence-corrected chi connectivity index (χ3v) is 3.46. The van der Waals surface area contributed by atoms with E-state index in [0.29, 0.717) is 17.5 Å². The molecule has 1 amide bonds. The van der Waals surface area contributed by atoms with Crippen molar-refractivity contribution in [1.82, 2.24) is 10.1 Å². The standard InChI is InChI=1S/C12H19N3O2/c1-8-7-11(14-17-8)12(16)15(2)10-5-3-9(13)4-6-10/h7,9-10H,3-6,13H2,1-2H3. The lowest BCUT2D eigenvalue weighted by atomic mass is 9.91. The fourth-order valence-electron chi connectivity index (χ4n) is 2.30. The summed E-state index contributed by atoms with van der Waals surface area (Å²) >= 11 is 0. The van der Waals surface area contributed by atoms with Gasteiger partial charge < -0.3 is 15.2 Å². The van der Waals surface area contributed by atoms with Crippen molar-refractivity contribution in [1.29, 1.82) is 0 Å². The van der Waals surface area contributed by atoms with Crippen LogP contribution in [0.25, 0.3) is 0 Å². The molecule has 5 heteroatoms. The summed E-state index contributed by atoms with van der Waals surface area (Å²) in [6.07, 6.45) is 3.92. The Balaban J connectivity index is 2.00. The summed E-state index contributed by atoms with van der Waals surface area (Å²) in [6, 6.07) is 2.25. The summed E-state index contributed by atoms with van der Waals surface area (Å²) in [5, 5.41) is 3.76. The molecule has 2 rings (SSSR count). The highest BCUT2D eigenvalue weighted by Gasteiger charge is 2.26. The zero-order valence-electron chi connectivity index (χ0n) is 10.3. The molecule has 0 bridgehead atoms. The Bertz CT molecular complexity index is 394. The van der Waals surface area contributed by atoms with Crippen LogP contribution in [0.3, 0.4) is 0 Å². The molecule has 0 aromatic carbocycles. The normalized spacial score (nSPS) is 24.6. The van der Waals surface area contributed by atoms with Crippen molar-refractivity contribution in [2.45, 2.75) is 44.7 Å². The van der Waals surface area contributed by atoms with Gasteiger partial charge in [-0.1, -0.05) is 5.16 Å². The Hall–Kier alpha value is -1.36. The lowest BCUT2D eigenvalue weighted by molar-refractivity contribution is 0.0679. The Morgan fingerprint density at radius 2 is 2.12 bits per heavy atom. The molecule has 0 radical (unpaired) electrons. The van der Waals surface area contributed by atoms with Crippen molar-refractivity contribution in [2.24, 2.45) is 5.73 Å². The summed E-state index contributed by atoms with van der Waals surface area (Å²) in [5.74, 6) is 0.592. The molecule has 1 heterocycles. The lowest BCUT2D eigenvalue weighted by Gasteiger charge is -2.33. The molecule has 0 spiro atoms. The minimum absolute atomic E-state index is 0.0673. The second kappa shape index (κ2) is 4.87. The highest BCUT2D eigenvalue weighted by Crippen LogP contribution is 2.22. The predicted molar refractivity (Wildman–Crippen MR) is 63.6 cm³/mol. The van der Waals surface area contributed by atoms with Gasteiger partial charge in [0.05, 0.1) is 0 Å². The van der Waals surface area contributed by atoms with Gasteiger partial charge in [-0.15, -0.1) is 0 Å². The molecule has 1 saturated carbocycles. The van der Waals surface area contributed by atoms with E-state index in [1.165, 1.54) is 0 Å². The number of hydrogen-bond donors (Lipinski definition) is 1. The third-order valence-electron chi connectivity index (χ3n) is 3.46. The Morgan fingerprint density at radius 3 is 2.65 bits per heavy atom. The van der Waals surface area contributed by atoms with Crippen LogP contribution in [-0.4, -0.2) is 35.1 Å². The van der Waals surface area contributed by atoms with Gasteiger partial charge in [-0.05, 0) is 32.6 Å². The number of rotatable bonds is 2. The summed E-state index contributed by atoms with van der Waals surface area (Å²) in [5.41, 5.74) is 6.25. The number of carbonyl (C=O) groups excluding carboxylic acids is 1. The number of hydrogen-bond acceptors (Lipinski definition) is 4. The van der Waals surface area contributed by atoms with Gasteiger partial charge in [0.25, 0.3) is 5.91 Å². The fraction of sp³-hybridized carbons (Fsp3) is 0.667. The monoisotopic (exact) mass is 237 g/mol. The molecule has 5 nitrogen and oxygen atoms in total. The number of carbonyl (C=O) groups is 1. The quantitative estimate of drug-likeness (QED) is 0.842. The number of aryl methyl sites for hydroxylation is 1. The first-order valence-electron chi connectivity index (χ1n) is 6.04. The number of nitrogens with zero attached hydrogens (tertiary/aromatic N) is 2. The molecule has 0 atom stereocenters. The van der Waals surface area contributed by atoms with E-state index in [4.69, 9.17) is 10.3 Å². The second-order valence-electron chi connectivity index (χ2n) is 4.81. The van der Waals surface area contributed by atoms with Gasteiger partial charge in [0, 0.05) is 25.2 Å². The Morgan fingerprint density at radius 1 is 1.47 bits per heavy atom. The predicted octanol–water partition coefficient (Wildman–Crippen LogP) is 1.32. The summed E-state index contributed by atoms with van der Waals surface area (Å²) in [4.78, 5) is 13.9. The maximum atomic E-state index is 12.1. The van der Waals surface area contributed by atoms with Crippen LogP contribution in [0.15, 0.2) is 10.6 Å². The van der Waals surface area contributed by atoms with Gasteiger partial charge in [-0.2, -0.15) is 0 Å². The molecule has 0 aliphatic heterocycles. The molecule has 0 saturated heterocycles. The first kappa shape index (κ1) is 12.1. The van der Waals surface area contributed by atoms with Gasteiger partial charge in [0.2, 0.25) is 0 Å². The van der Waals surface area contributed by atoms with Gasteiger partial charge in [0.1, 0.15) is 5.76 Å². The van der Waals surface area contributed by atoms with Crippen LogP contribution >= 0.6 is 0 Å². The van der Waals surface area contributed by atoms with Crippen molar-refractivity contribution in [2.75, 3.05) is 7.05 Å². The van der Waals surface area contributed by atoms with E-state index in [-0.39, 0.29) is 11.9 Å². The Labute approximate surface area is 101 Å². The lowest BCUT2D eigenvalue weighted by Crippen LogP contribution is -2.41. The number of aromatic nitrogens is 1. The molecule has 1 fully saturated rings. The molecule has 1 aliphatic carbocycles. The van der Waals surface area contributed by atoms with E-state index in [1.54, 1.807) is 17.9 Å². The largest absolute Gasteiger partial charge is 0.361 e. The van der Waals surface area contributed by atoms with Crippen molar-refractivity contribution in [3.8, 4) is 0 Å². The smallest absolute Gasteiger partial charge is 0.276 e. The van der Waals surface area contributed by atoms with Gasteiger partial charge in [-0.3, -0.25) is 4.79 Å². The van der Waals surface area contributed by atoms with Crippen LogP contribution in [0.5, 0.6) is 0 Å². The van der Waals surface area contributed by atoms with Crippen LogP contribution in [0.4, 0.5) is 0 Å². The van der Waals surface area contributed by atoms with Crippen LogP contribution in [0, 0.1) is 6.92 Å². The number of nitrogens with two attached hydrogens (primary N) is 1. The highest BCUT2D eigenvalue weighted by molar-refractivity contribution is 5.92. The zero-order chi connectivity index (χ0) is 12.4. The summed E-state index contributed by atoms with van der Waals surface area (Å²) in [6.45, 7) is 1.78. The van der Waals surface area contributed by atoms with Gasteiger partial charge in [0.15, 0.2) is 5.69 Å². The number of amides is 1. The molecule has 2 N–H and O–H groups in total. The first-order valence-corrected chi connectivity index (χ1v) is 6.04. The van der Waals surface area contributed by atoms with E-state index in [2.05, 4.69) is 5.16 Å². The summed E-state index contributed by atoms with van der Waals surface area (Å²) < 4.78 is 4.92. The van der Waals surface area contributed by atoms with Crippen molar-refractivity contribution < 1.29 is 9.32 Å².